The quantitative estimate of drug-likeness (QED) is 0.860. The average molecular weight is 247 g/mol. The zero-order valence-electron chi connectivity index (χ0n) is 9.56. The van der Waals surface area contributed by atoms with E-state index < -0.39 is 0 Å². The van der Waals surface area contributed by atoms with Crippen LogP contribution in [0.25, 0.3) is 0 Å². The largest absolute Gasteiger partial charge is 0.339 e. The summed E-state index contributed by atoms with van der Waals surface area (Å²) in [4.78, 5) is 6.67. The normalized spacial score (nSPS) is 18.4. The van der Waals surface area contributed by atoms with E-state index in [1.165, 1.54) is 0 Å². The van der Waals surface area contributed by atoms with Crippen LogP contribution in [0.5, 0.6) is 0 Å². The molecule has 2 heterocycles. The number of rotatable bonds is 3. The summed E-state index contributed by atoms with van der Waals surface area (Å²) in [5.74, 6) is 1.98. The number of hydrogen-bond donors (Lipinski definition) is 1. The van der Waals surface area contributed by atoms with Crippen LogP contribution in [0, 0.1) is 6.92 Å². The summed E-state index contributed by atoms with van der Waals surface area (Å²) in [5.41, 5.74) is 5.53. The summed E-state index contributed by atoms with van der Waals surface area (Å²) in [7, 11) is 0. The Morgan fingerprint density at radius 1 is 1.44 bits per heavy atom. The predicted molar refractivity (Wildman–Crippen MR) is 63.8 cm³/mol. The number of halogens is 1. The van der Waals surface area contributed by atoms with Crippen LogP contribution in [-0.2, 0) is 0 Å². The average Bonchev–Trinajstić information content (AvgIpc) is 2.67. The van der Waals surface area contributed by atoms with E-state index >= 15 is 0 Å². The molecule has 1 aliphatic heterocycles. The van der Waals surface area contributed by atoms with Crippen molar-refractivity contribution < 1.29 is 4.52 Å². The lowest BCUT2D eigenvalue weighted by Crippen LogP contribution is -2.36. The molecular formula is C10H19ClN4O. The molecule has 0 aromatic carbocycles. The molecule has 0 aliphatic carbocycles. The fraction of sp³-hybridized carbons (Fsp3) is 0.800. The Balaban J connectivity index is 0.00000128. The van der Waals surface area contributed by atoms with Gasteiger partial charge in [0.2, 0.25) is 5.89 Å². The molecule has 5 nitrogen and oxygen atoms in total. The summed E-state index contributed by atoms with van der Waals surface area (Å²) in [6.07, 6.45) is 2.20. The van der Waals surface area contributed by atoms with Crippen LogP contribution in [0.4, 0.5) is 0 Å². The second-order valence-electron chi connectivity index (χ2n) is 4.08. The van der Waals surface area contributed by atoms with Crippen molar-refractivity contribution in [2.75, 3.05) is 26.2 Å². The molecule has 0 unspecified atom stereocenters. The molecular weight excluding hydrogens is 228 g/mol. The van der Waals surface area contributed by atoms with Crippen molar-refractivity contribution in [2.24, 2.45) is 5.73 Å². The fourth-order valence-corrected chi connectivity index (χ4v) is 2.07. The Kier molecular flexibility index (Phi) is 5.18. The third-order valence-corrected chi connectivity index (χ3v) is 2.93. The van der Waals surface area contributed by atoms with Gasteiger partial charge in [-0.25, -0.2) is 0 Å². The molecule has 1 aliphatic rings. The molecule has 0 radical (unpaired) electrons. The van der Waals surface area contributed by atoms with Gasteiger partial charge < -0.3 is 15.2 Å². The van der Waals surface area contributed by atoms with Crippen molar-refractivity contribution in [1.82, 2.24) is 15.0 Å². The molecule has 2 N–H and O–H groups in total. The van der Waals surface area contributed by atoms with E-state index in [1.54, 1.807) is 0 Å². The van der Waals surface area contributed by atoms with Gasteiger partial charge in [0.1, 0.15) is 0 Å². The number of aryl methyl sites for hydroxylation is 1. The molecule has 1 aromatic rings. The van der Waals surface area contributed by atoms with Gasteiger partial charge in [0.05, 0.1) is 0 Å². The van der Waals surface area contributed by atoms with Crippen LogP contribution in [0.3, 0.4) is 0 Å². The summed E-state index contributed by atoms with van der Waals surface area (Å²) < 4.78 is 5.19. The molecule has 16 heavy (non-hydrogen) atoms. The Morgan fingerprint density at radius 2 is 2.12 bits per heavy atom. The summed E-state index contributed by atoms with van der Waals surface area (Å²) >= 11 is 0. The van der Waals surface area contributed by atoms with Crippen LogP contribution in [0.2, 0.25) is 0 Å². The van der Waals surface area contributed by atoms with E-state index in [0.29, 0.717) is 5.92 Å². The Hall–Kier alpha value is -0.650. The van der Waals surface area contributed by atoms with E-state index in [2.05, 4.69) is 15.0 Å². The number of aromatic nitrogens is 2. The van der Waals surface area contributed by atoms with Gasteiger partial charge in [0.25, 0.3) is 0 Å². The third-order valence-electron chi connectivity index (χ3n) is 2.93. The van der Waals surface area contributed by atoms with E-state index in [4.69, 9.17) is 10.3 Å². The van der Waals surface area contributed by atoms with Gasteiger partial charge in [-0.15, -0.1) is 12.4 Å². The van der Waals surface area contributed by atoms with Crippen LogP contribution < -0.4 is 5.73 Å². The lowest BCUT2D eigenvalue weighted by molar-refractivity contribution is 0.198. The zero-order valence-corrected chi connectivity index (χ0v) is 10.4. The molecule has 6 heteroatoms. The Bertz CT molecular complexity index is 310. The molecule has 0 amide bonds. The van der Waals surface area contributed by atoms with Crippen molar-refractivity contribution in [2.45, 2.75) is 25.7 Å². The van der Waals surface area contributed by atoms with Gasteiger partial charge in [0.15, 0.2) is 5.82 Å². The first-order valence-electron chi connectivity index (χ1n) is 5.52. The maximum absolute atomic E-state index is 5.53. The standard InChI is InChI=1S/C10H18N4O.ClH/c1-8-12-10(15-13-8)9-2-5-14(6-3-9)7-4-11;/h9H,2-7,11H2,1H3;1H. The summed E-state index contributed by atoms with van der Waals surface area (Å²) in [5, 5.41) is 3.83. The van der Waals surface area contributed by atoms with E-state index in [0.717, 1.165) is 50.7 Å². The maximum atomic E-state index is 5.53. The summed E-state index contributed by atoms with van der Waals surface area (Å²) in [6.45, 7) is 5.77. The minimum atomic E-state index is 0. The third kappa shape index (κ3) is 3.17. The molecule has 0 atom stereocenters. The van der Waals surface area contributed by atoms with Gasteiger partial charge >= 0.3 is 0 Å². The molecule has 0 spiro atoms. The van der Waals surface area contributed by atoms with Crippen molar-refractivity contribution >= 4 is 12.4 Å². The summed E-state index contributed by atoms with van der Waals surface area (Å²) in [6, 6.07) is 0. The first-order chi connectivity index (χ1) is 7.29. The highest BCUT2D eigenvalue weighted by Gasteiger charge is 2.24. The number of likely N-dealkylation sites (tertiary alicyclic amines) is 1. The second-order valence-corrected chi connectivity index (χ2v) is 4.08. The van der Waals surface area contributed by atoms with Crippen LogP contribution in [-0.4, -0.2) is 41.2 Å². The van der Waals surface area contributed by atoms with E-state index in [9.17, 15) is 0 Å². The Morgan fingerprint density at radius 3 is 2.62 bits per heavy atom. The van der Waals surface area contributed by atoms with Crippen LogP contribution >= 0.6 is 12.4 Å². The van der Waals surface area contributed by atoms with Crippen molar-refractivity contribution in [1.29, 1.82) is 0 Å². The van der Waals surface area contributed by atoms with Crippen LogP contribution in [0.1, 0.15) is 30.5 Å². The number of nitrogens with zero attached hydrogens (tertiary/aromatic N) is 3. The monoisotopic (exact) mass is 246 g/mol. The second kappa shape index (κ2) is 6.18. The lowest BCUT2D eigenvalue weighted by Gasteiger charge is -2.29. The van der Waals surface area contributed by atoms with Gasteiger partial charge in [-0.05, 0) is 32.9 Å². The fourth-order valence-electron chi connectivity index (χ4n) is 2.07. The maximum Gasteiger partial charge on any atom is 0.229 e. The van der Waals surface area contributed by atoms with Gasteiger partial charge in [0, 0.05) is 19.0 Å². The smallest absolute Gasteiger partial charge is 0.229 e. The molecule has 1 fully saturated rings. The number of hydrogen-bond acceptors (Lipinski definition) is 5. The Labute approximate surface area is 102 Å². The zero-order chi connectivity index (χ0) is 10.7. The van der Waals surface area contributed by atoms with Gasteiger partial charge in [-0.1, -0.05) is 5.16 Å². The minimum absolute atomic E-state index is 0. The lowest BCUT2D eigenvalue weighted by atomic mass is 9.97. The SMILES string of the molecule is Cc1noc(C2CCN(CCN)CC2)n1.Cl. The minimum Gasteiger partial charge on any atom is -0.339 e. The first kappa shape index (κ1) is 13.4. The van der Waals surface area contributed by atoms with Crippen molar-refractivity contribution in [3.63, 3.8) is 0 Å². The predicted octanol–water partition coefficient (Wildman–Crippen LogP) is 0.938. The molecule has 1 aromatic heterocycles. The molecule has 0 bridgehead atoms. The highest BCUT2D eigenvalue weighted by Crippen LogP contribution is 2.26. The number of piperidine rings is 1. The van der Waals surface area contributed by atoms with Crippen molar-refractivity contribution in [3.05, 3.63) is 11.7 Å². The molecule has 0 saturated carbocycles. The molecule has 1 saturated heterocycles. The molecule has 92 valence electrons. The van der Waals surface area contributed by atoms with E-state index in [1.807, 2.05) is 6.92 Å². The first-order valence-corrected chi connectivity index (χ1v) is 5.52. The van der Waals surface area contributed by atoms with Gasteiger partial charge in [-0.3, -0.25) is 0 Å². The van der Waals surface area contributed by atoms with E-state index in [-0.39, 0.29) is 12.4 Å². The highest BCUT2D eigenvalue weighted by atomic mass is 35.5. The van der Waals surface area contributed by atoms with Crippen molar-refractivity contribution in [3.8, 4) is 0 Å². The number of nitrogens with two attached hydrogens (primary N) is 1. The topological polar surface area (TPSA) is 68.2 Å². The van der Waals surface area contributed by atoms with Gasteiger partial charge in [-0.2, -0.15) is 4.98 Å². The highest BCUT2D eigenvalue weighted by molar-refractivity contribution is 5.85. The van der Waals surface area contributed by atoms with Crippen LogP contribution in [0.15, 0.2) is 4.52 Å². The molecule has 2 rings (SSSR count).